The number of hydrogen-bond acceptors (Lipinski definition) is 3. The highest BCUT2D eigenvalue weighted by molar-refractivity contribution is 7.10. The third kappa shape index (κ3) is 5.33. The van der Waals surface area contributed by atoms with E-state index in [0.29, 0.717) is 13.0 Å². The number of thiophene rings is 1. The quantitative estimate of drug-likeness (QED) is 0.785. The summed E-state index contributed by atoms with van der Waals surface area (Å²) >= 11 is 1.71. The van der Waals surface area contributed by atoms with E-state index in [9.17, 15) is 4.79 Å². The molecule has 0 saturated heterocycles. The third-order valence-electron chi connectivity index (χ3n) is 2.73. The van der Waals surface area contributed by atoms with Gasteiger partial charge in [0.25, 0.3) is 0 Å². The van der Waals surface area contributed by atoms with Crippen molar-refractivity contribution in [3.63, 3.8) is 0 Å². The molecule has 4 heteroatoms. The molecule has 0 saturated carbocycles. The maximum Gasteiger partial charge on any atom is 0.220 e. The molecule has 3 N–H and O–H groups in total. The molecule has 0 bridgehead atoms. The number of carbonyl (C=O) groups excluding carboxylic acids is 1. The van der Waals surface area contributed by atoms with E-state index < -0.39 is 0 Å². The Labute approximate surface area is 107 Å². The SMILES string of the molecule is CCc1ccsc1CNC(=O)CCCC(C)N. The van der Waals surface area contributed by atoms with Crippen LogP contribution in [-0.4, -0.2) is 11.9 Å². The molecule has 0 aromatic carbocycles. The van der Waals surface area contributed by atoms with Gasteiger partial charge in [-0.05, 0) is 43.2 Å². The van der Waals surface area contributed by atoms with E-state index in [2.05, 4.69) is 23.7 Å². The van der Waals surface area contributed by atoms with Crippen LogP contribution in [0.4, 0.5) is 0 Å². The summed E-state index contributed by atoms with van der Waals surface area (Å²) in [6, 6.07) is 2.31. The fraction of sp³-hybridized carbons (Fsp3) is 0.615. The van der Waals surface area contributed by atoms with E-state index in [1.54, 1.807) is 11.3 Å². The Bertz CT molecular complexity index is 347. The fourth-order valence-corrected chi connectivity index (χ4v) is 2.60. The van der Waals surface area contributed by atoms with Crippen molar-refractivity contribution in [2.75, 3.05) is 0 Å². The van der Waals surface area contributed by atoms with Gasteiger partial charge in [0.2, 0.25) is 5.91 Å². The van der Waals surface area contributed by atoms with Crippen molar-refractivity contribution in [3.8, 4) is 0 Å². The van der Waals surface area contributed by atoms with Gasteiger partial charge in [0.05, 0.1) is 6.54 Å². The minimum absolute atomic E-state index is 0.126. The van der Waals surface area contributed by atoms with Crippen molar-refractivity contribution >= 4 is 17.2 Å². The van der Waals surface area contributed by atoms with Gasteiger partial charge >= 0.3 is 0 Å². The molecule has 0 radical (unpaired) electrons. The normalized spacial score (nSPS) is 12.4. The molecular weight excluding hydrogens is 232 g/mol. The van der Waals surface area contributed by atoms with Crippen molar-refractivity contribution in [3.05, 3.63) is 21.9 Å². The lowest BCUT2D eigenvalue weighted by molar-refractivity contribution is -0.121. The highest BCUT2D eigenvalue weighted by Gasteiger charge is 2.05. The lowest BCUT2D eigenvalue weighted by Crippen LogP contribution is -2.23. The van der Waals surface area contributed by atoms with Crippen LogP contribution in [0.15, 0.2) is 11.4 Å². The summed E-state index contributed by atoms with van der Waals surface area (Å²) < 4.78 is 0. The summed E-state index contributed by atoms with van der Waals surface area (Å²) in [5, 5.41) is 5.04. The summed E-state index contributed by atoms with van der Waals surface area (Å²) in [5.41, 5.74) is 6.98. The summed E-state index contributed by atoms with van der Waals surface area (Å²) in [7, 11) is 0. The lowest BCUT2D eigenvalue weighted by Gasteiger charge is -2.06. The van der Waals surface area contributed by atoms with E-state index in [0.717, 1.165) is 19.3 Å². The predicted octanol–water partition coefficient (Wildman–Crippen LogP) is 2.44. The average Bonchev–Trinajstić information content (AvgIpc) is 2.73. The molecule has 0 spiro atoms. The van der Waals surface area contributed by atoms with E-state index in [1.807, 2.05) is 6.92 Å². The van der Waals surface area contributed by atoms with Crippen molar-refractivity contribution < 1.29 is 4.79 Å². The van der Waals surface area contributed by atoms with Crippen molar-refractivity contribution in [1.29, 1.82) is 0 Å². The van der Waals surface area contributed by atoms with Crippen molar-refractivity contribution in [2.24, 2.45) is 5.73 Å². The van der Waals surface area contributed by atoms with Gasteiger partial charge in [0.15, 0.2) is 0 Å². The van der Waals surface area contributed by atoms with Crippen molar-refractivity contribution in [1.82, 2.24) is 5.32 Å². The third-order valence-corrected chi connectivity index (χ3v) is 3.69. The molecule has 0 aliphatic rings. The second kappa shape index (κ2) is 7.45. The summed E-state index contributed by atoms with van der Waals surface area (Å²) in [4.78, 5) is 12.8. The molecule has 17 heavy (non-hydrogen) atoms. The van der Waals surface area contributed by atoms with Crippen LogP contribution in [0.5, 0.6) is 0 Å². The number of hydrogen-bond donors (Lipinski definition) is 2. The molecule has 0 aliphatic carbocycles. The smallest absolute Gasteiger partial charge is 0.220 e. The Morgan fingerprint density at radius 3 is 3.00 bits per heavy atom. The number of rotatable bonds is 7. The minimum atomic E-state index is 0.126. The second-order valence-electron chi connectivity index (χ2n) is 4.37. The topological polar surface area (TPSA) is 55.1 Å². The van der Waals surface area contributed by atoms with Crippen LogP contribution < -0.4 is 11.1 Å². The largest absolute Gasteiger partial charge is 0.351 e. The molecule has 1 unspecified atom stereocenters. The first-order chi connectivity index (χ1) is 8.13. The van der Waals surface area contributed by atoms with Gasteiger partial charge in [-0.15, -0.1) is 11.3 Å². The van der Waals surface area contributed by atoms with E-state index >= 15 is 0 Å². The zero-order chi connectivity index (χ0) is 12.7. The van der Waals surface area contributed by atoms with E-state index in [1.165, 1.54) is 10.4 Å². The zero-order valence-corrected chi connectivity index (χ0v) is 11.5. The first kappa shape index (κ1) is 14.2. The monoisotopic (exact) mass is 254 g/mol. The zero-order valence-electron chi connectivity index (χ0n) is 10.7. The Morgan fingerprint density at radius 1 is 1.59 bits per heavy atom. The van der Waals surface area contributed by atoms with Gasteiger partial charge in [-0.1, -0.05) is 6.92 Å². The summed E-state index contributed by atoms with van der Waals surface area (Å²) in [6.07, 6.45) is 3.38. The molecule has 1 aromatic rings. The number of aryl methyl sites for hydroxylation is 1. The van der Waals surface area contributed by atoms with Gasteiger partial charge < -0.3 is 11.1 Å². The van der Waals surface area contributed by atoms with Crippen molar-refractivity contribution in [2.45, 2.75) is 52.1 Å². The van der Waals surface area contributed by atoms with Crippen LogP contribution in [0.3, 0.4) is 0 Å². The molecule has 1 aromatic heterocycles. The molecule has 1 atom stereocenters. The highest BCUT2D eigenvalue weighted by atomic mass is 32.1. The van der Waals surface area contributed by atoms with Crippen LogP contribution in [-0.2, 0) is 17.8 Å². The molecule has 1 heterocycles. The van der Waals surface area contributed by atoms with Crippen LogP contribution in [0, 0.1) is 0 Å². The number of nitrogens with one attached hydrogen (secondary N) is 1. The molecule has 1 rings (SSSR count). The van der Waals surface area contributed by atoms with Crippen LogP contribution in [0.2, 0.25) is 0 Å². The summed E-state index contributed by atoms with van der Waals surface area (Å²) in [5.74, 6) is 0.126. The fourth-order valence-electron chi connectivity index (χ4n) is 1.69. The molecule has 96 valence electrons. The first-order valence-electron chi connectivity index (χ1n) is 6.21. The van der Waals surface area contributed by atoms with Gasteiger partial charge in [-0.25, -0.2) is 0 Å². The standard InChI is InChI=1S/C13H22N2OS/c1-3-11-7-8-17-12(11)9-15-13(16)6-4-5-10(2)14/h7-8,10H,3-6,9,14H2,1-2H3,(H,15,16). The van der Waals surface area contributed by atoms with Gasteiger partial charge in [0.1, 0.15) is 0 Å². The molecule has 3 nitrogen and oxygen atoms in total. The second-order valence-corrected chi connectivity index (χ2v) is 5.37. The van der Waals surface area contributed by atoms with Crippen LogP contribution in [0.1, 0.15) is 43.6 Å². The first-order valence-corrected chi connectivity index (χ1v) is 7.09. The Hall–Kier alpha value is -0.870. The molecule has 0 aliphatic heterocycles. The minimum Gasteiger partial charge on any atom is -0.351 e. The average molecular weight is 254 g/mol. The maximum absolute atomic E-state index is 11.6. The number of amides is 1. The Morgan fingerprint density at radius 2 is 2.35 bits per heavy atom. The number of carbonyl (C=O) groups is 1. The van der Waals surface area contributed by atoms with Crippen LogP contribution in [0.25, 0.3) is 0 Å². The predicted molar refractivity (Wildman–Crippen MR) is 73.0 cm³/mol. The number of nitrogens with two attached hydrogens (primary N) is 1. The van der Waals surface area contributed by atoms with Crippen LogP contribution >= 0.6 is 11.3 Å². The highest BCUT2D eigenvalue weighted by Crippen LogP contribution is 2.16. The van der Waals surface area contributed by atoms with E-state index in [4.69, 9.17) is 5.73 Å². The lowest BCUT2D eigenvalue weighted by atomic mass is 10.1. The Kier molecular flexibility index (Phi) is 6.22. The van der Waals surface area contributed by atoms with Gasteiger partial charge in [-0.3, -0.25) is 4.79 Å². The maximum atomic E-state index is 11.6. The Balaban J connectivity index is 2.24. The van der Waals surface area contributed by atoms with Gasteiger partial charge in [0, 0.05) is 17.3 Å². The molecule has 0 fully saturated rings. The summed E-state index contributed by atoms with van der Waals surface area (Å²) in [6.45, 7) is 4.77. The van der Waals surface area contributed by atoms with Gasteiger partial charge in [-0.2, -0.15) is 0 Å². The molecule has 1 amide bonds. The molecular formula is C13H22N2OS. The van der Waals surface area contributed by atoms with E-state index in [-0.39, 0.29) is 11.9 Å².